The van der Waals surface area contributed by atoms with Crippen LogP contribution in [0.25, 0.3) is 0 Å². The van der Waals surface area contributed by atoms with Gasteiger partial charge in [0.2, 0.25) is 0 Å². The molecular formula is C60H72N6O9. The quantitative estimate of drug-likeness (QED) is 0.0413. The van der Waals surface area contributed by atoms with E-state index in [0.29, 0.717) is 57.8 Å². The number of amides is 3. The molecule has 6 rings (SSSR count). The summed E-state index contributed by atoms with van der Waals surface area (Å²) in [6.07, 6.45) is 6.43. The first-order chi connectivity index (χ1) is 36.2. The van der Waals surface area contributed by atoms with Crippen LogP contribution in [0, 0.1) is 0 Å². The van der Waals surface area contributed by atoms with Gasteiger partial charge in [0, 0.05) is 19.3 Å². The Morgan fingerprint density at radius 2 is 0.453 bits per heavy atom. The molecule has 0 saturated heterocycles. The van der Waals surface area contributed by atoms with E-state index in [-0.39, 0.29) is 17.7 Å². The number of carboxylic acids is 3. The van der Waals surface area contributed by atoms with Gasteiger partial charge in [-0.2, -0.15) is 0 Å². The molecule has 6 atom stereocenters. The van der Waals surface area contributed by atoms with Crippen molar-refractivity contribution in [1.29, 1.82) is 0 Å². The lowest BCUT2D eigenvalue weighted by Gasteiger charge is -2.21. The monoisotopic (exact) mass is 1020 g/mol. The highest BCUT2D eigenvalue weighted by Crippen LogP contribution is 2.11. The van der Waals surface area contributed by atoms with Crippen LogP contribution < -0.4 is 48.5 Å². The molecule has 0 unspecified atom stereocenters. The van der Waals surface area contributed by atoms with E-state index in [0.717, 1.165) is 52.6 Å². The number of hydrogen-bond donors (Lipinski definition) is 6. The van der Waals surface area contributed by atoms with Crippen molar-refractivity contribution < 1.29 is 61.3 Å². The van der Waals surface area contributed by atoms with Gasteiger partial charge in [-0.3, -0.25) is 14.4 Å². The first-order valence-electron chi connectivity index (χ1n) is 25.4. The minimum atomic E-state index is -1.26. The lowest BCUT2D eigenvalue weighted by Crippen LogP contribution is -2.69. The van der Waals surface area contributed by atoms with Crippen LogP contribution in [0.15, 0.2) is 182 Å². The van der Waals surface area contributed by atoms with E-state index in [2.05, 4.69) is 33.2 Å². The van der Waals surface area contributed by atoms with E-state index in [4.69, 9.17) is 0 Å². The van der Waals surface area contributed by atoms with Crippen LogP contribution in [-0.2, 0) is 67.3 Å². The minimum absolute atomic E-state index is 0.295. The Morgan fingerprint density at radius 3 is 0.613 bits per heavy atom. The largest absolute Gasteiger partial charge is 0.548 e. The first kappa shape index (κ1) is 59.6. The predicted octanol–water partition coefficient (Wildman–Crippen LogP) is 0.292. The molecule has 396 valence electrons. The second kappa shape index (κ2) is 33.7. The molecule has 0 aliphatic rings. The summed E-state index contributed by atoms with van der Waals surface area (Å²) in [5.74, 6) is -4.84. The summed E-state index contributed by atoms with van der Waals surface area (Å²) in [7, 11) is 0. The van der Waals surface area contributed by atoms with Crippen LogP contribution in [0.3, 0.4) is 0 Å². The van der Waals surface area contributed by atoms with Crippen molar-refractivity contribution in [2.45, 2.75) is 113 Å². The Hall–Kier alpha value is -7.98. The number of carboxylic acid groups (broad SMARTS) is 3. The van der Waals surface area contributed by atoms with Crippen LogP contribution in [0.5, 0.6) is 0 Å². The fraction of sp³-hybridized carbons (Fsp3) is 0.300. The topological polar surface area (TPSA) is 291 Å². The molecule has 12 N–H and O–H groups in total. The lowest BCUT2D eigenvalue weighted by molar-refractivity contribution is -0.405. The number of aliphatic carboxylic acids is 3. The second-order valence-corrected chi connectivity index (χ2v) is 18.4. The van der Waals surface area contributed by atoms with Crippen molar-refractivity contribution >= 4 is 35.6 Å². The zero-order valence-electron chi connectivity index (χ0n) is 42.6. The standard InChI is InChI=1S/3C20H24N2O3/c3*21-17(13-11-15-7-3-1-4-8-15)19(23)22-18(20(24)25)14-12-16-9-5-2-6-10-16/h3*1-10,17-18H,11-14,21H2,(H,22,23)(H,24,25)/t3*17-,18-/m000/s1. The molecule has 0 spiro atoms. The normalized spacial score (nSPS) is 13.0. The number of rotatable bonds is 27. The molecule has 0 bridgehead atoms. The van der Waals surface area contributed by atoms with E-state index in [9.17, 15) is 44.1 Å². The van der Waals surface area contributed by atoms with E-state index in [1.54, 1.807) is 0 Å². The number of carbonyl (C=O) groups excluding carboxylic acids is 6. The number of quaternary nitrogens is 3. The zero-order chi connectivity index (χ0) is 54.2. The van der Waals surface area contributed by atoms with Crippen molar-refractivity contribution in [2.75, 3.05) is 0 Å². The molecule has 3 amide bonds. The average Bonchev–Trinajstić information content (AvgIpc) is 3.43. The van der Waals surface area contributed by atoms with Crippen LogP contribution >= 0.6 is 0 Å². The number of nitrogens with one attached hydrogen (secondary N) is 3. The van der Waals surface area contributed by atoms with Gasteiger partial charge in [0.1, 0.15) is 0 Å². The van der Waals surface area contributed by atoms with Gasteiger partial charge in [-0.05, 0) is 91.2 Å². The maximum atomic E-state index is 12.2. The smallest absolute Gasteiger partial charge is 0.278 e. The van der Waals surface area contributed by atoms with Gasteiger partial charge in [-0.25, -0.2) is 0 Å². The third-order valence-corrected chi connectivity index (χ3v) is 12.5. The van der Waals surface area contributed by atoms with Crippen molar-refractivity contribution in [1.82, 2.24) is 16.0 Å². The Balaban J connectivity index is 0.000000243. The predicted molar refractivity (Wildman–Crippen MR) is 279 cm³/mol. The van der Waals surface area contributed by atoms with Crippen molar-refractivity contribution in [3.63, 3.8) is 0 Å². The van der Waals surface area contributed by atoms with Gasteiger partial charge in [0.15, 0.2) is 18.1 Å². The summed E-state index contributed by atoms with van der Waals surface area (Å²) in [6, 6.07) is 53.6. The van der Waals surface area contributed by atoms with E-state index < -0.39 is 54.2 Å². The second-order valence-electron chi connectivity index (χ2n) is 18.4. The minimum Gasteiger partial charge on any atom is -0.548 e. The molecule has 0 fully saturated rings. The molecule has 0 saturated carbocycles. The molecule has 0 aliphatic heterocycles. The highest BCUT2D eigenvalue weighted by atomic mass is 16.4. The molecule has 0 radical (unpaired) electrons. The highest BCUT2D eigenvalue weighted by Gasteiger charge is 2.24. The van der Waals surface area contributed by atoms with Gasteiger partial charge in [0.25, 0.3) is 17.7 Å². The lowest BCUT2D eigenvalue weighted by atomic mass is 10.0. The summed E-state index contributed by atoms with van der Waals surface area (Å²) in [5.41, 5.74) is 18.0. The maximum Gasteiger partial charge on any atom is 0.278 e. The summed E-state index contributed by atoms with van der Waals surface area (Å²) in [4.78, 5) is 70.6. The Kier molecular flexibility index (Phi) is 26.8. The van der Waals surface area contributed by atoms with E-state index in [1.165, 1.54) is 0 Å². The molecule has 6 aromatic carbocycles. The first-order valence-corrected chi connectivity index (χ1v) is 25.4. The summed E-state index contributed by atoms with van der Waals surface area (Å²) < 4.78 is 0. The van der Waals surface area contributed by atoms with Crippen LogP contribution in [0.2, 0.25) is 0 Å². The summed E-state index contributed by atoms with van der Waals surface area (Å²) in [5, 5.41) is 41.6. The number of aryl methyl sites for hydroxylation is 6. The van der Waals surface area contributed by atoms with Crippen molar-refractivity contribution in [2.24, 2.45) is 0 Å². The number of benzene rings is 6. The molecule has 0 heterocycles. The highest BCUT2D eigenvalue weighted by molar-refractivity contribution is 5.86. The van der Waals surface area contributed by atoms with Gasteiger partial charge in [0.05, 0.1) is 36.0 Å². The van der Waals surface area contributed by atoms with Crippen molar-refractivity contribution in [3.05, 3.63) is 215 Å². The number of hydrogen-bond acceptors (Lipinski definition) is 9. The summed E-state index contributed by atoms with van der Waals surface area (Å²) >= 11 is 0. The fourth-order valence-electron chi connectivity index (χ4n) is 7.83. The molecule has 0 aromatic heterocycles. The van der Waals surface area contributed by atoms with E-state index in [1.807, 2.05) is 182 Å². The van der Waals surface area contributed by atoms with Crippen LogP contribution in [0.1, 0.15) is 71.9 Å². The third kappa shape index (κ3) is 24.1. The number of carbonyl (C=O) groups is 6. The third-order valence-electron chi connectivity index (χ3n) is 12.5. The molecule has 75 heavy (non-hydrogen) atoms. The molecule has 15 nitrogen and oxygen atoms in total. The Morgan fingerprint density at radius 1 is 0.293 bits per heavy atom. The Labute approximate surface area is 440 Å². The molecule has 0 aliphatic carbocycles. The average molecular weight is 1020 g/mol. The van der Waals surface area contributed by atoms with Gasteiger partial charge >= 0.3 is 0 Å². The fourth-order valence-corrected chi connectivity index (χ4v) is 7.83. The van der Waals surface area contributed by atoms with Crippen LogP contribution in [0.4, 0.5) is 0 Å². The molecule has 15 heteroatoms. The van der Waals surface area contributed by atoms with Gasteiger partial charge in [-0.1, -0.05) is 182 Å². The maximum absolute atomic E-state index is 12.2. The van der Waals surface area contributed by atoms with Gasteiger partial charge < -0.3 is 62.9 Å². The van der Waals surface area contributed by atoms with Gasteiger partial charge in [-0.15, -0.1) is 0 Å². The van der Waals surface area contributed by atoms with E-state index >= 15 is 0 Å². The van der Waals surface area contributed by atoms with Crippen LogP contribution in [-0.4, -0.2) is 71.9 Å². The SMILES string of the molecule is [NH3+][C@@H](CCc1ccccc1)C(=O)N[C@@H](CCc1ccccc1)C(=O)[O-].[NH3+][C@@H](CCc1ccccc1)C(=O)N[C@@H](CCc1ccccc1)C(=O)[O-].[NH3+][C@@H](CCc1ccccc1)C(=O)N[C@@H](CCc1ccccc1)C(=O)[O-]. The molecule has 6 aromatic rings. The Bertz CT molecular complexity index is 2310. The zero-order valence-corrected chi connectivity index (χ0v) is 42.6. The molecular weight excluding hydrogens is 949 g/mol. The summed E-state index contributed by atoms with van der Waals surface area (Å²) in [6.45, 7) is 0. The van der Waals surface area contributed by atoms with Crippen molar-refractivity contribution in [3.8, 4) is 0 Å².